The van der Waals surface area contributed by atoms with Crippen molar-refractivity contribution < 1.29 is 4.74 Å². The highest BCUT2D eigenvalue weighted by atomic mass is 127. The highest BCUT2D eigenvalue weighted by Gasteiger charge is 2.38. The van der Waals surface area contributed by atoms with E-state index < -0.39 is 0 Å². The van der Waals surface area contributed by atoms with E-state index in [1.54, 1.807) is 7.05 Å². The quantitative estimate of drug-likeness (QED) is 0.315. The van der Waals surface area contributed by atoms with E-state index in [0.29, 0.717) is 18.6 Å². The van der Waals surface area contributed by atoms with Gasteiger partial charge in [-0.05, 0) is 24.1 Å². The lowest BCUT2D eigenvalue weighted by Crippen LogP contribution is -2.40. The number of guanidine groups is 1. The van der Waals surface area contributed by atoms with Gasteiger partial charge in [-0.15, -0.1) is 24.0 Å². The summed E-state index contributed by atoms with van der Waals surface area (Å²) in [5.41, 5.74) is 1.40. The molecule has 0 heterocycles. The van der Waals surface area contributed by atoms with E-state index in [0.717, 1.165) is 24.7 Å². The molecule has 0 bridgehead atoms. The molecule has 2 aromatic carbocycles. The second-order valence-electron chi connectivity index (χ2n) is 5.66. The van der Waals surface area contributed by atoms with Gasteiger partial charge >= 0.3 is 0 Å². The Hall–Kier alpha value is -1.76. The van der Waals surface area contributed by atoms with E-state index >= 15 is 0 Å². The van der Waals surface area contributed by atoms with Crippen LogP contribution in [0.3, 0.4) is 0 Å². The number of hydrogen-bond donors (Lipinski definition) is 2. The lowest BCUT2D eigenvalue weighted by Gasteiger charge is -2.12. The SMILES string of the molecule is CN=C(NCCOc1ccccc1)NC1CC1c1ccccc1.I. The molecule has 1 saturated carbocycles. The lowest BCUT2D eigenvalue weighted by molar-refractivity contribution is 0.322. The van der Waals surface area contributed by atoms with Gasteiger partial charge in [-0.25, -0.2) is 0 Å². The summed E-state index contributed by atoms with van der Waals surface area (Å²) in [6.45, 7) is 1.33. The molecule has 2 atom stereocenters. The Kier molecular flexibility index (Phi) is 7.36. The Labute approximate surface area is 160 Å². The zero-order valence-corrected chi connectivity index (χ0v) is 16.1. The molecular formula is C19H24IN3O. The Morgan fingerprint density at radius 3 is 2.42 bits per heavy atom. The normalized spacial score (nSPS) is 19.1. The van der Waals surface area contributed by atoms with E-state index in [4.69, 9.17) is 4.74 Å². The van der Waals surface area contributed by atoms with Gasteiger partial charge in [0.05, 0.1) is 6.54 Å². The third-order valence-electron chi connectivity index (χ3n) is 3.97. The monoisotopic (exact) mass is 437 g/mol. The second kappa shape index (κ2) is 9.52. The second-order valence-corrected chi connectivity index (χ2v) is 5.66. The van der Waals surface area contributed by atoms with E-state index in [1.165, 1.54) is 5.56 Å². The highest BCUT2D eigenvalue weighted by molar-refractivity contribution is 14.0. The summed E-state index contributed by atoms with van der Waals surface area (Å²) in [4.78, 5) is 4.28. The van der Waals surface area contributed by atoms with Crippen LogP contribution in [0.25, 0.3) is 0 Å². The molecule has 2 N–H and O–H groups in total. The number of hydrogen-bond acceptors (Lipinski definition) is 2. The van der Waals surface area contributed by atoms with E-state index in [1.807, 2.05) is 30.3 Å². The van der Waals surface area contributed by atoms with Gasteiger partial charge in [-0.3, -0.25) is 4.99 Å². The molecule has 0 aliphatic heterocycles. The number of nitrogens with one attached hydrogen (secondary N) is 2. The fraction of sp³-hybridized carbons (Fsp3) is 0.316. The Bertz CT molecular complexity index is 634. The summed E-state index contributed by atoms with van der Waals surface area (Å²) in [6, 6.07) is 20.9. The van der Waals surface area contributed by atoms with E-state index in [2.05, 4.69) is 46.0 Å². The van der Waals surface area contributed by atoms with Crippen LogP contribution in [0.5, 0.6) is 5.75 Å². The number of nitrogens with zero attached hydrogens (tertiary/aromatic N) is 1. The molecule has 1 aliphatic carbocycles. The average molecular weight is 437 g/mol. The van der Waals surface area contributed by atoms with Crippen LogP contribution in [-0.4, -0.2) is 32.2 Å². The molecule has 0 aromatic heterocycles. The lowest BCUT2D eigenvalue weighted by atomic mass is 10.1. The fourth-order valence-corrected chi connectivity index (χ4v) is 2.65. The van der Waals surface area contributed by atoms with Gasteiger partial charge in [-0.1, -0.05) is 48.5 Å². The summed E-state index contributed by atoms with van der Waals surface area (Å²) < 4.78 is 5.67. The number of halogens is 1. The zero-order chi connectivity index (χ0) is 15.9. The number of rotatable bonds is 6. The van der Waals surface area contributed by atoms with Crippen molar-refractivity contribution in [2.45, 2.75) is 18.4 Å². The van der Waals surface area contributed by atoms with Crippen molar-refractivity contribution >= 4 is 29.9 Å². The van der Waals surface area contributed by atoms with Crippen LogP contribution in [0.15, 0.2) is 65.7 Å². The van der Waals surface area contributed by atoms with Crippen molar-refractivity contribution in [2.75, 3.05) is 20.2 Å². The molecule has 0 spiro atoms. The first-order chi connectivity index (χ1) is 11.4. The maximum absolute atomic E-state index is 5.67. The van der Waals surface area contributed by atoms with Crippen molar-refractivity contribution in [3.63, 3.8) is 0 Å². The van der Waals surface area contributed by atoms with Crippen molar-refractivity contribution in [1.29, 1.82) is 0 Å². The van der Waals surface area contributed by atoms with E-state index in [-0.39, 0.29) is 24.0 Å². The molecule has 128 valence electrons. The summed E-state index contributed by atoms with van der Waals surface area (Å²) in [5.74, 6) is 2.32. The topological polar surface area (TPSA) is 45.7 Å². The minimum Gasteiger partial charge on any atom is -0.492 e. The van der Waals surface area contributed by atoms with Gasteiger partial charge in [0.2, 0.25) is 0 Å². The van der Waals surface area contributed by atoms with Gasteiger partial charge < -0.3 is 15.4 Å². The molecule has 5 heteroatoms. The van der Waals surface area contributed by atoms with Gasteiger partial charge in [-0.2, -0.15) is 0 Å². The summed E-state index contributed by atoms with van der Waals surface area (Å²) >= 11 is 0. The third kappa shape index (κ3) is 5.40. The molecule has 0 radical (unpaired) electrons. The Morgan fingerprint density at radius 2 is 1.75 bits per heavy atom. The Morgan fingerprint density at radius 1 is 1.08 bits per heavy atom. The van der Waals surface area contributed by atoms with Gasteiger partial charge in [0, 0.05) is 19.0 Å². The fourth-order valence-electron chi connectivity index (χ4n) is 2.65. The maximum Gasteiger partial charge on any atom is 0.191 e. The van der Waals surface area contributed by atoms with Crippen molar-refractivity contribution in [3.05, 3.63) is 66.2 Å². The van der Waals surface area contributed by atoms with Crippen LogP contribution in [0.4, 0.5) is 0 Å². The van der Waals surface area contributed by atoms with Gasteiger partial charge in [0.15, 0.2) is 5.96 Å². The number of ether oxygens (including phenoxy) is 1. The standard InChI is InChI=1S/C19H23N3O.HI/c1-20-19(21-12-13-23-16-10-6-3-7-11-16)22-18-14-17(18)15-8-4-2-5-9-15;/h2-11,17-18H,12-14H2,1H3,(H2,20,21,22);1H. The minimum absolute atomic E-state index is 0. The van der Waals surface area contributed by atoms with Gasteiger partial charge in [0.1, 0.15) is 12.4 Å². The smallest absolute Gasteiger partial charge is 0.191 e. The molecule has 2 aromatic rings. The average Bonchev–Trinajstić information content (AvgIpc) is 3.38. The molecule has 0 amide bonds. The number of benzene rings is 2. The maximum atomic E-state index is 5.67. The molecule has 1 fully saturated rings. The van der Waals surface area contributed by atoms with Crippen molar-refractivity contribution in [1.82, 2.24) is 10.6 Å². The minimum atomic E-state index is 0. The first kappa shape index (κ1) is 18.6. The summed E-state index contributed by atoms with van der Waals surface area (Å²) in [6.07, 6.45) is 1.16. The third-order valence-corrected chi connectivity index (χ3v) is 3.97. The van der Waals surface area contributed by atoms with Crippen LogP contribution < -0.4 is 15.4 Å². The van der Waals surface area contributed by atoms with Crippen LogP contribution in [0, 0.1) is 0 Å². The molecule has 1 aliphatic rings. The Balaban J connectivity index is 0.00000208. The first-order valence-electron chi connectivity index (χ1n) is 8.07. The highest BCUT2D eigenvalue weighted by Crippen LogP contribution is 2.40. The summed E-state index contributed by atoms with van der Waals surface area (Å²) in [5, 5.41) is 6.77. The number of aliphatic imine (C=N–C) groups is 1. The van der Waals surface area contributed by atoms with Crippen LogP contribution >= 0.6 is 24.0 Å². The van der Waals surface area contributed by atoms with Gasteiger partial charge in [0.25, 0.3) is 0 Å². The van der Waals surface area contributed by atoms with Crippen molar-refractivity contribution in [2.24, 2.45) is 4.99 Å². The van der Waals surface area contributed by atoms with Crippen LogP contribution in [0.1, 0.15) is 17.9 Å². The van der Waals surface area contributed by atoms with Crippen LogP contribution in [-0.2, 0) is 0 Å². The van der Waals surface area contributed by atoms with Crippen LogP contribution in [0.2, 0.25) is 0 Å². The number of para-hydroxylation sites is 1. The zero-order valence-electron chi connectivity index (χ0n) is 13.8. The predicted octanol–water partition coefficient (Wildman–Crippen LogP) is 3.40. The van der Waals surface area contributed by atoms with Crippen molar-refractivity contribution in [3.8, 4) is 5.75 Å². The van der Waals surface area contributed by atoms with E-state index in [9.17, 15) is 0 Å². The predicted molar refractivity (Wildman–Crippen MR) is 109 cm³/mol. The summed E-state index contributed by atoms with van der Waals surface area (Å²) in [7, 11) is 1.80. The molecule has 24 heavy (non-hydrogen) atoms. The molecule has 0 saturated heterocycles. The largest absolute Gasteiger partial charge is 0.492 e. The first-order valence-corrected chi connectivity index (χ1v) is 8.07. The molecular weight excluding hydrogens is 413 g/mol. The molecule has 2 unspecified atom stereocenters. The molecule has 3 rings (SSSR count). The molecule has 4 nitrogen and oxygen atoms in total.